The molecule has 2 unspecified atom stereocenters. The first-order valence-corrected chi connectivity index (χ1v) is 15.9. The maximum atomic E-state index is 10.9. The molecular weight excluding hydrogens is 416 g/mol. The predicted molar refractivity (Wildman–Crippen MR) is 152 cm³/mol. The molecule has 34 heavy (non-hydrogen) atoms. The highest BCUT2D eigenvalue weighted by Crippen LogP contribution is 2.33. The van der Waals surface area contributed by atoms with Gasteiger partial charge in [-0.1, -0.05) is 175 Å². The Kier molecular flexibility index (Phi) is 26.6. The highest BCUT2D eigenvalue weighted by molar-refractivity contribution is 5.66. The zero-order valence-electron chi connectivity index (χ0n) is 23.9. The third-order valence-electron chi connectivity index (χ3n) is 7.92. The number of hydrogen-bond donors (Lipinski definition) is 1. The molecule has 0 saturated heterocycles. The largest absolute Gasteiger partial charge is 0.481 e. The molecule has 0 saturated carbocycles. The van der Waals surface area contributed by atoms with Gasteiger partial charge >= 0.3 is 5.97 Å². The normalized spacial score (nSPS) is 13.3. The minimum Gasteiger partial charge on any atom is -0.481 e. The van der Waals surface area contributed by atoms with Gasteiger partial charge in [0.25, 0.3) is 0 Å². The molecule has 0 radical (unpaired) electrons. The molecule has 0 aromatic rings. The summed E-state index contributed by atoms with van der Waals surface area (Å²) in [5.41, 5.74) is 0. The van der Waals surface area contributed by atoms with Crippen LogP contribution in [0.1, 0.15) is 188 Å². The van der Waals surface area contributed by atoms with E-state index in [0.717, 1.165) is 24.7 Å². The standard InChI is InChI=1S/C32H64O2/c1-4-7-10-13-14-15-16-18-22-27-31(28-23-19-24-29-32(33)34)30(25-20-12-9-6-3)26-21-17-11-8-5-2/h30-31H,4-29H2,1-3H3,(H,33,34). The molecule has 0 amide bonds. The van der Waals surface area contributed by atoms with Gasteiger partial charge in [-0.25, -0.2) is 0 Å². The van der Waals surface area contributed by atoms with Crippen molar-refractivity contribution in [3.05, 3.63) is 0 Å². The topological polar surface area (TPSA) is 37.3 Å². The van der Waals surface area contributed by atoms with Gasteiger partial charge in [0.2, 0.25) is 0 Å². The fraction of sp³-hybridized carbons (Fsp3) is 0.969. The smallest absolute Gasteiger partial charge is 0.303 e. The number of carbonyl (C=O) groups is 1. The van der Waals surface area contributed by atoms with Gasteiger partial charge in [-0.3, -0.25) is 4.79 Å². The monoisotopic (exact) mass is 480 g/mol. The Hall–Kier alpha value is -0.530. The number of rotatable bonds is 28. The molecule has 204 valence electrons. The number of carboxylic acid groups (broad SMARTS) is 1. The highest BCUT2D eigenvalue weighted by Gasteiger charge is 2.20. The quantitative estimate of drug-likeness (QED) is 0.113. The van der Waals surface area contributed by atoms with Crippen LogP contribution in [0.4, 0.5) is 0 Å². The molecule has 2 heteroatoms. The van der Waals surface area contributed by atoms with E-state index in [2.05, 4.69) is 20.8 Å². The van der Waals surface area contributed by atoms with Gasteiger partial charge in [-0.2, -0.15) is 0 Å². The molecule has 0 spiro atoms. The second-order valence-electron chi connectivity index (χ2n) is 11.2. The van der Waals surface area contributed by atoms with Crippen molar-refractivity contribution in [3.8, 4) is 0 Å². The zero-order chi connectivity index (χ0) is 25.1. The maximum absolute atomic E-state index is 10.9. The molecule has 0 aliphatic rings. The number of hydrogen-bond acceptors (Lipinski definition) is 1. The van der Waals surface area contributed by atoms with E-state index in [-0.39, 0.29) is 0 Å². The first kappa shape index (κ1) is 33.5. The van der Waals surface area contributed by atoms with Crippen molar-refractivity contribution in [1.29, 1.82) is 0 Å². The molecule has 0 bridgehead atoms. The molecule has 0 rings (SSSR count). The summed E-state index contributed by atoms with van der Waals surface area (Å²) in [6.45, 7) is 6.92. The molecule has 0 heterocycles. The van der Waals surface area contributed by atoms with Crippen molar-refractivity contribution in [1.82, 2.24) is 0 Å². The minimum absolute atomic E-state index is 0.348. The number of carboxylic acids is 1. The SMILES string of the molecule is CCCCCCCCCCCC(CCCCCC(=O)O)C(CCCCCC)CCCCCCC. The highest BCUT2D eigenvalue weighted by atomic mass is 16.4. The van der Waals surface area contributed by atoms with Gasteiger partial charge in [0.15, 0.2) is 0 Å². The summed E-state index contributed by atoms with van der Waals surface area (Å²) in [4.78, 5) is 10.9. The van der Waals surface area contributed by atoms with Crippen LogP contribution in [-0.4, -0.2) is 11.1 Å². The average molecular weight is 481 g/mol. The van der Waals surface area contributed by atoms with Gasteiger partial charge in [0, 0.05) is 6.42 Å². The van der Waals surface area contributed by atoms with E-state index >= 15 is 0 Å². The van der Waals surface area contributed by atoms with Gasteiger partial charge in [-0.05, 0) is 18.3 Å². The lowest BCUT2D eigenvalue weighted by Gasteiger charge is -2.28. The molecule has 0 fully saturated rings. The van der Waals surface area contributed by atoms with E-state index in [1.807, 2.05) is 0 Å². The Morgan fingerprint density at radius 1 is 0.441 bits per heavy atom. The number of aliphatic carboxylic acids is 1. The van der Waals surface area contributed by atoms with Crippen molar-refractivity contribution in [2.24, 2.45) is 11.8 Å². The molecule has 1 N–H and O–H groups in total. The van der Waals surface area contributed by atoms with Crippen LogP contribution in [0, 0.1) is 11.8 Å². The van der Waals surface area contributed by atoms with E-state index in [4.69, 9.17) is 5.11 Å². The average Bonchev–Trinajstić information content (AvgIpc) is 2.82. The lowest BCUT2D eigenvalue weighted by atomic mass is 9.78. The van der Waals surface area contributed by atoms with Crippen LogP contribution in [0.2, 0.25) is 0 Å². The Labute approximate surface area is 215 Å². The minimum atomic E-state index is -0.632. The summed E-state index contributed by atoms with van der Waals surface area (Å²) >= 11 is 0. The molecule has 0 aliphatic carbocycles. The van der Waals surface area contributed by atoms with Crippen LogP contribution < -0.4 is 0 Å². The van der Waals surface area contributed by atoms with Crippen molar-refractivity contribution in [2.75, 3.05) is 0 Å². The van der Waals surface area contributed by atoms with Crippen molar-refractivity contribution >= 4 is 5.97 Å². The first-order valence-electron chi connectivity index (χ1n) is 15.9. The molecular formula is C32H64O2. The molecule has 0 aliphatic heterocycles. The maximum Gasteiger partial charge on any atom is 0.303 e. The van der Waals surface area contributed by atoms with Crippen LogP contribution in [0.5, 0.6) is 0 Å². The molecule has 0 aromatic heterocycles. The molecule has 0 aromatic carbocycles. The van der Waals surface area contributed by atoms with Crippen LogP contribution in [-0.2, 0) is 4.79 Å². The Bertz CT molecular complexity index is 406. The van der Waals surface area contributed by atoms with Crippen LogP contribution in [0.25, 0.3) is 0 Å². The summed E-state index contributed by atoms with van der Waals surface area (Å²) in [7, 11) is 0. The van der Waals surface area contributed by atoms with Crippen LogP contribution in [0.3, 0.4) is 0 Å². The van der Waals surface area contributed by atoms with Crippen LogP contribution in [0.15, 0.2) is 0 Å². The third-order valence-corrected chi connectivity index (χ3v) is 7.92. The summed E-state index contributed by atoms with van der Waals surface area (Å²) in [5, 5.41) is 8.96. The fourth-order valence-corrected chi connectivity index (χ4v) is 5.65. The summed E-state index contributed by atoms with van der Waals surface area (Å²) in [6.07, 6.45) is 34.4. The number of unbranched alkanes of at least 4 members (excludes halogenated alkanes) is 17. The predicted octanol–water partition coefficient (Wildman–Crippen LogP) is 11.5. The van der Waals surface area contributed by atoms with E-state index in [1.165, 1.54) is 148 Å². The van der Waals surface area contributed by atoms with E-state index < -0.39 is 5.97 Å². The van der Waals surface area contributed by atoms with Gasteiger partial charge in [-0.15, -0.1) is 0 Å². The van der Waals surface area contributed by atoms with Crippen LogP contribution >= 0.6 is 0 Å². The van der Waals surface area contributed by atoms with E-state index in [1.54, 1.807) is 0 Å². The molecule has 2 nitrogen and oxygen atoms in total. The summed E-state index contributed by atoms with van der Waals surface area (Å²) in [6, 6.07) is 0. The van der Waals surface area contributed by atoms with E-state index in [0.29, 0.717) is 6.42 Å². The van der Waals surface area contributed by atoms with Gasteiger partial charge < -0.3 is 5.11 Å². The zero-order valence-corrected chi connectivity index (χ0v) is 23.9. The lowest BCUT2D eigenvalue weighted by Crippen LogP contribution is -2.16. The summed E-state index contributed by atoms with van der Waals surface area (Å²) in [5.74, 6) is 1.15. The van der Waals surface area contributed by atoms with Gasteiger partial charge in [0.1, 0.15) is 0 Å². The molecule has 2 atom stereocenters. The summed E-state index contributed by atoms with van der Waals surface area (Å²) < 4.78 is 0. The second-order valence-corrected chi connectivity index (χ2v) is 11.2. The Balaban J connectivity index is 4.58. The Morgan fingerprint density at radius 2 is 0.706 bits per heavy atom. The third kappa shape index (κ3) is 23.2. The van der Waals surface area contributed by atoms with E-state index in [9.17, 15) is 4.79 Å². The van der Waals surface area contributed by atoms with Crippen molar-refractivity contribution in [3.63, 3.8) is 0 Å². The lowest BCUT2D eigenvalue weighted by molar-refractivity contribution is -0.137. The van der Waals surface area contributed by atoms with Crippen molar-refractivity contribution in [2.45, 2.75) is 188 Å². The van der Waals surface area contributed by atoms with Crippen molar-refractivity contribution < 1.29 is 9.90 Å². The fourth-order valence-electron chi connectivity index (χ4n) is 5.65. The van der Waals surface area contributed by atoms with Gasteiger partial charge in [0.05, 0.1) is 0 Å². The first-order chi connectivity index (χ1) is 16.7. The second kappa shape index (κ2) is 27.1. The Morgan fingerprint density at radius 3 is 1.03 bits per heavy atom.